The van der Waals surface area contributed by atoms with Gasteiger partial charge in [-0.3, -0.25) is 0 Å². The Balaban J connectivity index is 2.82. The Morgan fingerprint density at radius 3 is 2.79 bits per heavy atom. The number of ether oxygens (including phenoxy) is 1. The van der Waals surface area contributed by atoms with Crippen molar-refractivity contribution >= 4 is 0 Å². The predicted octanol–water partition coefficient (Wildman–Crippen LogP) is 1.47. The molecule has 1 aromatic rings. The van der Waals surface area contributed by atoms with E-state index < -0.39 is 6.10 Å². The molecule has 1 aromatic carbocycles. The molecule has 2 atom stereocenters. The third kappa shape index (κ3) is 2.72. The van der Waals surface area contributed by atoms with E-state index in [2.05, 4.69) is 0 Å². The molecule has 0 aliphatic rings. The summed E-state index contributed by atoms with van der Waals surface area (Å²) in [7, 11) is 0. The topological polar surface area (TPSA) is 55.5 Å². The van der Waals surface area contributed by atoms with Crippen LogP contribution in [-0.2, 0) is 0 Å². The van der Waals surface area contributed by atoms with Crippen LogP contribution in [0.1, 0.15) is 25.5 Å². The molecule has 0 saturated heterocycles. The van der Waals surface area contributed by atoms with E-state index in [1.165, 1.54) is 0 Å². The van der Waals surface area contributed by atoms with Gasteiger partial charge in [0.1, 0.15) is 5.75 Å². The van der Waals surface area contributed by atoms with Crippen molar-refractivity contribution in [3.8, 4) is 5.75 Å². The van der Waals surface area contributed by atoms with Crippen LogP contribution in [0, 0.1) is 0 Å². The van der Waals surface area contributed by atoms with Crippen LogP contribution in [0.15, 0.2) is 24.3 Å². The molecule has 0 aliphatic carbocycles. The van der Waals surface area contributed by atoms with Gasteiger partial charge in [0.2, 0.25) is 0 Å². The summed E-state index contributed by atoms with van der Waals surface area (Å²) in [5.74, 6) is 0.768. The van der Waals surface area contributed by atoms with Gasteiger partial charge in [-0.1, -0.05) is 12.1 Å². The van der Waals surface area contributed by atoms with Gasteiger partial charge < -0.3 is 15.6 Å². The Bertz CT molecular complexity index is 286. The fourth-order valence-electron chi connectivity index (χ4n) is 1.26. The predicted molar refractivity (Wildman–Crippen MR) is 56.2 cm³/mol. The van der Waals surface area contributed by atoms with Crippen molar-refractivity contribution in [2.45, 2.75) is 26.0 Å². The normalized spacial score (nSPS) is 14.9. The van der Waals surface area contributed by atoms with Crippen molar-refractivity contribution in [3.63, 3.8) is 0 Å². The van der Waals surface area contributed by atoms with Gasteiger partial charge in [0, 0.05) is 6.04 Å². The van der Waals surface area contributed by atoms with Crippen LogP contribution < -0.4 is 10.5 Å². The fraction of sp³-hybridized carbons (Fsp3) is 0.455. The molecule has 0 fully saturated rings. The molecular formula is C11H17NO2. The highest BCUT2D eigenvalue weighted by atomic mass is 16.5. The van der Waals surface area contributed by atoms with Gasteiger partial charge >= 0.3 is 0 Å². The van der Waals surface area contributed by atoms with E-state index in [0.29, 0.717) is 6.61 Å². The highest BCUT2D eigenvalue weighted by Crippen LogP contribution is 2.20. The lowest BCUT2D eigenvalue weighted by atomic mass is 10.0. The van der Waals surface area contributed by atoms with Crippen LogP contribution in [0.3, 0.4) is 0 Å². The molecule has 14 heavy (non-hydrogen) atoms. The van der Waals surface area contributed by atoms with Crippen molar-refractivity contribution in [1.82, 2.24) is 0 Å². The molecule has 0 aliphatic heterocycles. The maximum absolute atomic E-state index is 9.71. The first-order chi connectivity index (χ1) is 6.65. The standard InChI is InChI=1S/C11H17NO2/c1-3-14-10-6-4-5-9(7-10)11(13)8(2)12/h4-8,11,13H,3,12H2,1-2H3. The third-order valence-corrected chi connectivity index (χ3v) is 2.01. The molecule has 2 unspecified atom stereocenters. The minimum atomic E-state index is -0.629. The zero-order valence-electron chi connectivity index (χ0n) is 8.60. The van der Waals surface area contributed by atoms with E-state index in [-0.39, 0.29) is 6.04 Å². The summed E-state index contributed by atoms with van der Waals surface area (Å²) in [5.41, 5.74) is 6.40. The average Bonchev–Trinajstić information content (AvgIpc) is 2.17. The van der Waals surface area contributed by atoms with Crippen LogP contribution in [0.4, 0.5) is 0 Å². The molecular weight excluding hydrogens is 178 g/mol. The van der Waals surface area contributed by atoms with Gasteiger partial charge in [-0.05, 0) is 31.5 Å². The minimum Gasteiger partial charge on any atom is -0.494 e. The van der Waals surface area contributed by atoms with Gasteiger partial charge in [0.15, 0.2) is 0 Å². The van der Waals surface area contributed by atoms with Gasteiger partial charge in [-0.2, -0.15) is 0 Å². The van der Waals surface area contributed by atoms with Crippen molar-refractivity contribution < 1.29 is 9.84 Å². The average molecular weight is 195 g/mol. The molecule has 0 radical (unpaired) electrons. The molecule has 0 aromatic heterocycles. The Morgan fingerprint density at radius 1 is 1.50 bits per heavy atom. The molecule has 0 amide bonds. The number of nitrogens with two attached hydrogens (primary N) is 1. The SMILES string of the molecule is CCOc1cccc(C(O)C(C)N)c1. The summed E-state index contributed by atoms with van der Waals surface area (Å²) in [5, 5.41) is 9.71. The van der Waals surface area contributed by atoms with Crippen molar-refractivity contribution in [2.24, 2.45) is 5.73 Å². The van der Waals surface area contributed by atoms with E-state index in [1.54, 1.807) is 6.92 Å². The maximum Gasteiger partial charge on any atom is 0.119 e. The quantitative estimate of drug-likeness (QED) is 0.764. The van der Waals surface area contributed by atoms with Crippen molar-refractivity contribution in [3.05, 3.63) is 29.8 Å². The van der Waals surface area contributed by atoms with Gasteiger partial charge in [-0.25, -0.2) is 0 Å². The molecule has 3 heteroatoms. The fourth-order valence-corrected chi connectivity index (χ4v) is 1.26. The minimum absolute atomic E-state index is 0.271. The van der Waals surface area contributed by atoms with Crippen LogP contribution >= 0.6 is 0 Å². The second-order valence-electron chi connectivity index (χ2n) is 3.31. The van der Waals surface area contributed by atoms with E-state index in [4.69, 9.17) is 10.5 Å². The van der Waals surface area contributed by atoms with Gasteiger partial charge in [-0.15, -0.1) is 0 Å². The molecule has 0 spiro atoms. The summed E-state index contributed by atoms with van der Waals surface area (Å²) in [4.78, 5) is 0. The highest BCUT2D eigenvalue weighted by molar-refractivity contribution is 5.30. The van der Waals surface area contributed by atoms with Crippen LogP contribution in [-0.4, -0.2) is 17.8 Å². The van der Waals surface area contributed by atoms with Gasteiger partial charge in [0.25, 0.3) is 0 Å². The molecule has 0 heterocycles. The Kier molecular flexibility index (Phi) is 3.92. The summed E-state index contributed by atoms with van der Waals surface area (Å²) in [6.07, 6.45) is -0.629. The third-order valence-electron chi connectivity index (χ3n) is 2.01. The first kappa shape index (κ1) is 11.0. The summed E-state index contributed by atoms with van der Waals surface area (Å²) in [6, 6.07) is 7.10. The zero-order chi connectivity index (χ0) is 10.6. The Labute approximate surface area is 84.5 Å². The Morgan fingerprint density at radius 2 is 2.21 bits per heavy atom. The molecule has 0 saturated carbocycles. The molecule has 3 N–H and O–H groups in total. The first-order valence-corrected chi connectivity index (χ1v) is 4.81. The number of aliphatic hydroxyl groups is 1. The number of hydrogen-bond donors (Lipinski definition) is 2. The zero-order valence-corrected chi connectivity index (χ0v) is 8.60. The lowest BCUT2D eigenvalue weighted by molar-refractivity contribution is 0.153. The smallest absolute Gasteiger partial charge is 0.119 e. The van der Waals surface area contributed by atoms with E-state index in [0.717, 1.165) is 11.3 Å². The number of rotatable bonds is 4. The maximum atomic E-state index is 9.71. The van der Waals surface area contributed by atoms with Crippen molar-refractivity contribution in [1.29, 1.82) is 0 Å². The summed E-state index contributed by atoms with van der Waals surface area (Å²) >= 11 is 0. The lowest BCUT2D eigenvalue weighted by Gasteiger charge is -2.15. The largest absolute Gasteiger partial charge is 0.494 e. The van der Waals surface area contributed by atoms with E-state index in [9.17, 15) is 5.11 Å². The Hall–Kier alpha value is -1.06. The second kappa shape index (κ2) is 4.98. The summed E-state index contributed by atoms with van der Waals surface area (Å²) in [6.45, 7) is 4.32. The molecule has 1 rings (SSSR count). The number of aliphatic hydroxyl groups excluding tert-OH is 1. The van der Waals surface area contributed by atoms with Crippen LogP contribution in [0.25, 0.3) is 0 Å². The summed E-state index contributed by atoms with van der Waals surface area (Å²) < 4.78 is 5.32. The van der Waals surface area contributed by atoms with E-state index in [1.807, 2.05) is 31.2 Å². The van der Waals surface area contributed by atoms with E-state index >= 15 is 0 Å². The first-order valence-electron chi connectivity index (χ1n) is 4.81. The monoisotopic (exact) mass is 195 g/mol. The lowest BCUT2D eigenvalue weighted by Crippen LogP contribution is -2.24. The molecule has 0 bridgehead atoms. The number of benzene rings is 1. The van der Waals surface area contributed by atoms with Crippen molar-refractivity contribution in [2.75, 3.05) is 6.61 Å². The second-order valence-corrected chi connectivity index (χ2v) is 3.31. The van der Waals surface area contributed by atoms with Crippen LogP contribution in [0.2, 0.25) is 0 Å². The highest BCUT2D eigenvalue weighted by Gasteiger charge is 2.12. The van der Waals surface area contributed by atoms with Gasteiger partial charge in [0.05, 0.1) is 12.7 Å². The molecule has 78 valence electrons. The number of hydrogen-bond acceptors (Lipinski definition) is 3. The molecule has 3 nitrogen and oxygen atoms in total. The van der Waals surface area contributed by atoms with Crippen LogP contribution in [0.5, 0.6) is 5.75 Å².